The van der Waals surface area contributed by atoms with Crippen LogP contribution in [0.3, 0.4) is 0 Å². The number of ether oxygens (including phenoxy) is 1. The van der Waals surface area contributed by atoms with E-state index in [9.17, 15) is 9.59 Å². The van der Waals surface area contributed by atoms with Gasteiger partial charge in [0.05, 0.1) is 13.0 Å². The Morgan fingerprint density at radius 3 is 2.85 bits per heavy atom. The van der Waals surface area contributed by atoms with Gasteiger partial charge in [0, 0.05) is 19.1 Å². The fourth-order valence-electron chi connectivity index (χ4n) is 3.87. The van der Waals surface area contributed by atoms with Crippen LogP contribution in [0.2, 0.25) is 0 Å². The van der Waals surface area contributed by atoms with Gasteiger partial charge in [0.1, 0.15) is 11.6 Å². The maximum absolute atomic E-state index is 12.6. The average Bonchev–Trinajstić information content (AvgIpc) is 2.67. The first kappa shape index (κ1) is 19.0. The summed E-state index contributed by atoms with van der Waals surface area (Å²) in [6.45, 7) is 4.29. The summed E-state index contributed by atoms with van der Waals surface area (Å²) in [6, 6.07) is 6.20. The predicted molar refractivity (Wildman–Crippen MR) is 102 cm³/mol. The molecule has 6 heteroatoms. The van der Waals surface area contributed by atoms with Crippen LogP contribution in [0.15, 0.2) is 18.2 Å². The highest BCUT2D eigenvalue weighted by molar-refractivity contribution is 6.27. The van der Waals surface area contributed by atoms with Crippen molar-refractivity contribution < 1.29 is 14.3 Å². The van der Waals surface area contributed by atoms with E-state index in [4.69, 9.17) is 16.3 Å². The van der Waals surface area contributed by atoms with Gasteiger partial charge < -0.3 is 15.0 Å². The van der Waals surface area contributed by atoms with Gasteiger partial charge in [-0.1, -0.05) is 12.1 Å². The number of halogens is 1. The van der Waals surface area contributed by atoms with Gasteiger partial charge in [-0.2, -0.15) is 0 Å². The zero-order valence-corrected chi connectivity index (χ0v) is 16.1. The normalized spacial score (nSPS) is 18.6. The van der Waals surface area contributed by atoms with Crippen molar-refractivity contribution >= 4 is 23.4 Å². The molecular weight excluding hydrogens is 352 g/mol. The maximum atomic E-state index is 12.6. The summed E-state index contributed by atoms with van der Waals surface area (Å²) >= 11 is 5.55. The molecule has 1 aromatic carbocycles. The molecule has 3 rings (SSSR count). The lowest BCUT2D eigenvalue weighted by Gasteiger charge is -2.35. The molecule has 0 saturated carbocycles. The van der Waals surface area contributed by atoms with Crippen LogP contribution in [0, 0.1) is 5.92 Å². The van der Waals surface area contributed by atoms with Crippen LogP contribution < -0.4 is 10.1 Å². The van der Waals surface area contributed by atoms with E-state index >= 15 is 0 Å². The molecule has 0 aliphatic carbocycles. The summed E-state index contributed by atoms with van der Waals surface area (Å²) in [5.74, 6) is 1.40. The Balaban J connectivity index is 1.50. The summed E-state index contributed by atoms with van der Waals surface area (Å²) in [5.41, 5.74) is 2.27. The van der Waals surface area contributed by atoms with Crippen LogP contribution in [0.5, 0.6) is 5.75 Å². The number of rotatable bonds is 5. The number of aryl methyl sites for hydroxylation is 1. The Morgan fingerprint density at radius 2 is 2.12 bits per heavy atom. The number of carbonyl (C=O) groups is 2. The second-order valence-electron chi connectivity index (χ2n) is 7.28. The third kappa shape index (κ3) is 4.70. The maximum Gasteiger partial charge on any atom is 0.235 e. The van der Waals surface area contributed by atoms with E-state index in [2.05, 4.69) is 11.4 Å². The number of fused-ring (bicyclic) bond motifs is 1. The first-order valence-corrected chi connectivity index (χ1v) is 9.98. The number of carbonyl (C=O) groups excluding carboxylic acids is 2. The van der Waals surface area contributed by atoms with Crippen molar-refractivity contribution in [3.63, 3.8) is 0 Å². The number of hydrogen-bond acceptors (Lipinski definition) is 3. The van der Waals surface area contributed by atoms with Crippen LogP contribution in [-0.4, -0.2) is 48.3 Å². The molecule has 2 heterocycles. The molecule has 26 heavy (non-hydrogen) atoms. The van der Waals surface area contributed by atoms with Crippen molar-refractivity contribution in [3.05, 3.63) is 29.3 Å². The van der Waals surface area contributed by atoms with Crippen molar-refractivity contribution in [1.29, 1.82) is 0 Å². The fourth-order valence-corrected chi connectivity index (χ4v) is 3.95. The number of likely N-dealkylation sites (tertiary alicyclic amines) is 1. The van der Waals surface area contributed by atoms with Gasteiger partial charge in [-0.3, -0.25) is 9.59 Å². The Hall–Kier alpha value is -1.75. The third-order valence-corrected chi connectivity index (χ3v) is 5.68. The molecular formula is C20H27ClN2O3. The number of nitrogens with zero attached hydrogens (tertiary/aromatic N) is 1. The number of piperidine rings is 1. The second kappa shape index (κ2) is 8.76. The Labute approximate surface area is 160 Å². The van der Waals surface area contributed by atoms with E-state index in [1.165, 1.54) is 5.56 Å². The van der Waals surface area contributed by atoms with Gasteiger partial charge in [-0.25, -0.2) is 0 Å². The van der Waals surface area contributed by atoms with Crippen molar-refractivity contribution in [2.75, 3.05) is 25.6 Å². The molecule has 1 aromatic rings. The van der Waals surface area contributed by atoms with Gasteiger partial charge in [0.2, 0.25) is 11.8 Å². The van der Waals surface area contributed by atoms with Crippen LogP contribution >= 0.6 is 11.6 Å². The quantitative estimate of drug-likeness (QED) is 0.801. The van der Waals surface area contributed by atoms with Gasteiger partial charge >= 0.3 is 0 Å². The van der Waals surface area contributed by atoms with E-state index in [0.717, 1.165) is 56.7 Å². The molecule has 0 spiro atoms. The SMILES string of the molecule is CC(NC(=O)CCl)C1CCN(C(=O)Cc2ccc3c(c2)CCCO3)CC1. The summed E-state index contributed by atoms with van der Waals surface area (Å²) in [5, 5.41) is 2.93. The second-order valence-corrected chi connectivity index (χ2v) is 7.55. The standard InChI is InChI=1S/C20H27ClN2O3/c1-14(22-19(24)13-21)16-6-8-23(9-7-16)20(25)12-15-4-5-18-17(11-15)3-2-10-26-18/h4-5,11,14,16H,2-3,6-10,12-13H2,1H3,(H,22,24). The van der Waals surface area contributed by atoms with Gasteiger partial charge in [0.15, 0.2) is 0 Å². The van der Waals surface area contributed by atoms with Gasteiger partial charge in [0.25, 0.3) is 0 Å². The minimum Gasteiger partial charge on any atom is -0.493 e. The summed E-state index contributed by atoms with van der Waals surface area (Å²) in [6.07, 6.45) is 4.32. The van der Waals surface area contributed by atoms with Gasteiger partial charge in [-0.15, -0.1) is 11.6 Å². The zero-order chi connectivity index (χ0) is 18.5. The average molecular weight is 379 g/mol. The molecule has 142 valence electrons. The Kier molecular flexibility index (Phi) is 6.41. The third-order valence-electron chi connectivity index (χ3n) is 5.44. The van der Waals surface area contributed by atoms with Gasteiger partial charge in [-0.05, 0) is 55.7 Å². The highest BCUT2D eigenvalue weighted by Crippen LogP contribution is 2.26. The molecule has 2 amide bonds. The van der Waals surface area contributed by atoms with Crippen molar-refractivity contribution in [2.24, 2.45) is 5.92 Å². The number of benzene rings is 1. The molecule has 1 N–H and O–H groups in total. The fraction of sp³-hybridized carbons (Fsp3) is 0.600. The highest BCUT2D eigenvalue weighted by Gasteiger charge is 2.27. The molecule has 0 aromatic heterocycles. The highest BCUT2D eigenvalue weighted by atomic mass is 35.5. The predicted octanol–water partition coefficient (Wildman–Crippen LogP) is 2.54. The first-order valence-electron chi connectivity index (χ1n) is 9.44. The molecule has 0 radical (unpaired) electrons. The zero-order valence-electron chi connectivity index (χ0n) is 15.3. The number of amides is 2. The summed E-state index contributed by atoms with van der Waals surface area (Å²) in [4.78, 5) is 26.0. The molecule has 5 nitrogen and oxygen atoms in total. The van der Waals surface area contributed by atoms with E-state index in [-0.39, 0.29) is 23.7 Å². The van der Waals surface area contributed by atoms with E-state index < -0.39 is 0 Å². The number of alkyl halides is 1. The summed E-state index contributed by atoms with van der Waals surface area (Å²) in [7, 11) is 0. The monoisotopic (exact) mass is 378 g/mol. The van der Waals surface area contributed by atoms with Crippen LogP contribution in [-0.2, 0) is 22.4 Å². The summed E-state index contributed by atoms with van der Waals surface area (Å²) < 4.78 is 5.64. The molecule has 1 atom stereocenters. The molecule has 2 aliphatic heterocycles. The van der Waals surface area contributed by atoms with E-state index in [0.29, 0.717) is 12.3 Å². The number of hydrogen-bond donors (Lipinski definition) is 1. The minimum atomic E-state index is -0.130. The van der Waals surface area contributed by atoms with Crippen LogP contribution in [0.25, 0.3) is 0 Å². The Morgan fingerprint density at radius 1 is 1.35 bits per heavy atom. The molecule has 2 aliphatic rings. The molecule has 1 saturated heterocycles. The molecule has 1 unspecified atom stereocenters. The van der Waals surface area contributed by atoms with Crippen molar-refractivity contribution in [2.45, 2.75) is 45.1 Å². The van der Waals surface area contributed by atoms with Crippen LogP contribution in [0.4, 0.5) is 0 Å². The minimum absolute atomic E-state index is 0.00646. The largest absolute Gasteiger partial charge is 0.493 e. The first-order chi connectivity index (χ1) is 12.6. The van der Waals surface area contributed by atoms with E-state index in [1.807, 2.05) is 24.0 Å². The number of nitrogens with one attached hydrogen (secondary N) is 1. The lowest BCUT2D eigenvalue weighted by Crippen LogP contribution is -2.46. The molecule has 0 bridgehead atoms. The topological polar surface area (TPSA) is 58.6 Å². The van der Waals surface area contributed by atoms with Crippen molar-refractivity contribution in [3.8, 4) is 5.75 Å². The van der Waals surface area contributed by atoms with E-state index in [1.54, 1.807) is 0 Å². The van der Waals surface area contributed by atoms with Crippen molar-refractivity contribution in [1.82, 2.24) is 10.2 Å². The smallest absolute Gasteiger partial charge is 0.235 e. The lowest BCUT2D eigenvalue weighted by atomic mass is 9.90. The molecule has 1 fully saturated rings. The Bertz CT molecular complexity index is 656. The lowest BCUT2D eigenvalue weighted by molar-refractivity contribution is -0.132. The van der Waals surface area contributed by atoms with Crippen LogP contribution in [0.1, 0.15) is 37.3 Å².